The Morgan fingerprint density at radius 3 is 2.30 bits per heavy atom. The summed E-state index contributed by atoms with van der Waals surface area (Å²) in [7, 11) is -7.65. The third kappa shape index (κ3) is 4.63. The first kappa shape index (κ1) is 17.6. The van der Waals surface area contributed by atoms with Gasteiger partial charge in [0, 0.05) is 16.0 Å². The summed E-state index contributed by atoms with van der Waals surface area (Å²) in [5, 5.41) is 0. The van der Waals surface area contributed by atoms with Gasteiger partial charge in [0.15, 0.2) is 9.84 Å². The first-order valence-corrected chi connectivity index (χ1v) is 10.7. The van der Waals surface area contributed by atoms with Crippen LogP contribution in [0.1, 0.15) is 9.75 Å². The average Bonchev–Trinajstić information content (AvgIpc) is 2.82. The molecular weight excluding hydrogens is 358 g/mol. The van der Waals surface area contributed by atoms with E-state index in [9.17, 15) is 21.6 Å². The zero-order valence-corrected chi connectivity index (χ0v) is 14.9. The van der Waals surface area contributed by atoms with Crippen molar-refractivity contribution in [2.75, 3.05) is 6.26 Å². The Balaban J connectivity index is 2.20. The van der Waals surface area contributed by atoms with Gasteiger partial charge in [0.1, 0.15) is 0 Å². The number of thiophene rings is 1. The predicted molar refractivity (Wildman–Crippen MR) is 87.6 cm³/mol. The maximum Gasteiger partial charge on any atom is 0.264 e. The molecule has 9 heteroatoms. The maximum absolute atomic E-state index is 12.2. The highest BCUT2D eigenvalue weighted by Crippen LogP contribution is 2.17. The van der Waals surface area contributed by atoms with E-state index in [0.29, 0.717) is 0 Å². The second kappa shape index (κ2) is 6.42. The van der Waals surface area contributed by atoms with Crippen LogP contribution in [-0.4, -0.2) is 29.0 Å². The Morgan fingerprint density at radius 1 is 1.09 bits per heavy atom. The smallest absolute Gasteiger partial charge is 0.264 e. The van der Waals surface area contributed by atoms with Gasteiger partial charge < -0.3 is 0 Å². The lowest BCUT2D eigenvalue weighted by Crippen LogP contribution is -2.31. The van der Waals surface area contributed by atoms with E-state index in [1.165, 1.54) is 29.5 Å². The summed E-state index contributed by atoms with van der Waals surface area (Å²) in [4.78, 5) is 13.3. The van der Waals surface area contributed by atoms with Gasteiger partial charge in [-0.2, -0.15) is 0 Å². The van der Waals surface area contributed by atoms with Crippen LogP contribution in [0.3, 0.4) is 0 Å². The van der Waals surface area contributed by atoms with Gasteiger partial charge in [-0.25, -0.2) is 21.6 Å². The number of hydrogen-bond donors (Lipinski definition) is 1. The van der Waals surface area contributed by atoms with Gasteiger partial charge in [-0.05, 0) is 37.3 Å². The molecule has 23 heavy (non-hydrogen) atoms. The highest BCUT2D eigenvalue weighted by Gasteiger charge is 2.20. The second-order valence-electron chi connectivity index (χ2n) is 4.96. The molecule has 0 aliphatic carbocycles. The van der Waals surface area contributed by atoms with Crippen molar-refractivity contribution in [1.29, 1.82) is 0 Å². The molecule has 2 rings (SSSR count). The molecule has 2 aromatic rings. The number of nitrogens with one attached hydrogen (secondary N) is 1. The Kier molecular flexibility index (Phi) is 4.92. The topological polar surface area (TPSA) is 97.4 Å². The monoisotopic (exact) mass is 373 g/mol. The highest BCUT2D eigenvalue weighted by molar-refractivity contribution is 7.91. The quantitative estimate of drug-likeness (QED) is 0.857. The fourth-order valence-electron chi connectivity index (χ4n) is 1.86. The molecule has 124 valence electrons. The molecule has 0 aliphatic heterocycles. The molecular formula is C14H15NO5S3. The summed E-state index contributed by atoms with van der Waals surface area (Å²) in [6, 6.07) is 8.48. The zero-order chi connectivity index (χ0) is 17.3. The molecule has 0 fully saturated rings. The number of aryl methyl sites for hydroxylation is 1. The fraction of sp³-hybridized carbons (Fsp3) is 0.214. The van der Waals surface area contributed by atoms with Gasteiger partial charge in [0.25, 0.3) is 10.0 Å². The normalized spacial score (nSPS) is 12.1. The second-order valence-corrected chi connectivity index (χ2v) is 10.0. The molecule has 1 aromatic carbocycles. The minimum absolute atomic E-state index is 0.0521. The van der Waals surface area contributed by atoms with Crippen LogP contribution in [0.2, 0.25) is 0 Å². The van der Waals surface area contributed by atoms with E-state index in [4.69, 9.17) is 0 Å². The van der Waals surface area contributed by atoms with E-state index in [1.54, 1.807) is 6.07 Å². The van der Waals surface area contributed by atoms with Crippen LogP contribution in [0.15, 0.2) is 46.2 Å². The predicted octanol–water partition coefficient (Wildman–Crippen LogP) is 1.51. The average molecular weight is 373 g/mol. The first-order valence-electron chi connectivity index (χ1n) is 6.49. The Labute approximate surface area is 139 Å². The summed E-state index contributed by atoms with van der Waals surface area (Å²) in [5.41, 5.74) is 0. The summed E-state index contributed by atoms with van der Waals surface area (Å²) < 4.78 is 49.3. The summed E-state index contributed by atoms with van der Waals surface area (Å²) in [6.07, 6.45) is 0.930. The molecule has 0 saturated heterocycles. The lowest BCUT2D eigenvalue weighted by molar-refractivity contribution is -0.118. The van der Waals surface area contributed by atoms with Crippen LogP contribution in [0, 0.1) is 6.92 Å². The number of carbonyl (C=O) groups excluding carboxylic acids is 1. The van der Waals surface area contributed by atoms with Crippen molar-refractivity contribution in [2.24, 2.45) is 0 Å². The van der Waals surface area contributed by atoms with Crippen molar-refractivity contribution >= 4 is 37.1 Å². The van der Waals surface area contributed by atoms with Gasteiger partial charge in [-0.3, -0.25) is 4.79 Å². The number of hydrogen-bond acceptors (Lipinski definition) is 6. The molecule has 6 nitrogen and oxygen atoms in total. The van der Waals surface area contributed by atoms with E-state index >= 15 is 0 Å². The third-order valence-electron chi connectivity index (χ3n) is 2.92. The van der Waals surface area contributed by atoms with E-state index in [2.05, 4.69) is 0 Å². The molecule has 0 radical (unpaired) electrons. The number of carbonyl (C=O) groups is 1. The van der Waals surface area contributed by atoms with Crippen LogP contribution < -0.4 is 4.72 Å². The van der Waals surface area contributed by atoms with E-state index in [-0.39, 0.29) is 16.2 Å². The fourth-order valence-corrected chi connectivity index (χ4v) is 4.52. The Bertz CT molecular complexity index is 942. The summed E-state index contributed by atoms with van der Waals surface area (Å²) in [6.45, 7) is 1.89. The van der Waals surface area contributed by atoms with Crippen molar-refractivity contribution in [1.82, 2.24) is 4.72 Å². The number of amides is 1. The third-order valence-corrected chi connectivity index (χ3v) is 6.40. The van der Waals surface area contributed by atoms with Gasteiger partial charge in [-0.1, -0.05) is 6.07 Å². The van der Waals surface area contributed by atoms with E-state index in [1.807, 2.05) is 17.7 Å². The minimum atomic E-state index is -4.11. The molecule has 1 heterocycles. The summed E-state index contributed by atoms with van der Waals surface area (Å²) >= 11 is 1.41. The van der Waals surface area contributed by atoms with Crippen LogP contribution in [0.4, 0.5) is 0 Å². The molecule has 0 spiro atoms. The molecule has 1 N–H and O–H groups in total. The number of sulfone groups is 1. The number of benzene rings is 1. The molecule has 0 atom stereocenters. The SMILES string of the molecule is Cc1ccc(CC(=O)NS(=O)(=O)c2cccc(S(C)(=O)=O)c2)s1. The molecule has 0 saturated carbocycles. The molecule has 1 amide bonds. The van der Waals surface area contributed by atoms with Crippen molar-refractivity contribution in [3.63, 3.8) is 0 Å². The number of rotatable bonds is 5. The van der Waals surface area contributed by atoms with Crippen LogP contribution in [-0.2, 0) is 31.1 Å². The van der Waals surface area contributed by atoms with Crippen molar-refractivity contribution < 1.29 is 21.6 Å². The Morgan fingerprint density at radius 2 is 1.74 bits per heavy atom. The van der Waals surface area contributed by atoms with E-state index in [0.717, 1.165) is 22.1 Å². The van der Waals surface area contributed by atoms with Gasteiger partial charge >= 0.3 is 0 Å². The van der Waals surface area contributed by atoms with Crippen molar-refractivity contribution in [3.8, 4) is 0 Å². The Hall–Kier alpha value is -1.71. The first-order chi connectivity index (χ1) is 10.6. The summed E-state index contributed by atoms with van der Waals surface area (Å²) in [5.74, 6) is -0.670. The van der Waals surface area contributed by atoms with Crippen molar-refractivity contribution in [2.45, 2.75) is 23.1 Å². The maximum atomic E-state index is 12.2. The van der Waals surface area contributed by atoms with E-state index < -0.39 is 25.8 Å². The standard InChI is InChI=1S/C14H15NO5S3/c1-10-6-7-11(21-10)8-14(16)15-23(19,20)13-5-3-4-12(9-13)22(2,17)18/h3-7,9H,8H2,1-2H3,(H,15,16). The number of sulfonamides is 1. The molecule has 1 aromatic heterocycles. The minimum Gasteiger partial charge on any atom is -0.274 e. The van der Waals surface area contributed by atoms with Crippen LogP contribution in [0.25, 0.3) is 0 Å². The molecule has 0 aliphatic rings. The van der Waals surface area contributed by atoms with Gasteiger partial charge in [-0.15, -0.1) is 11.3 Å². The molecule has 0 bridgehead atoms. The van der Waals surface area contributed by atoms with Gasteiger partial charge in [0.05, 0.1) is 16.2 Å². The molecule has 0 unspecified atom stereocenters. The largest absolute Gasteiger partial charge is 0.274 e. The zero-order valence-electron chi connectivity index (χ0n) is 12.4. The van der Waals surface area contributed by atoms with Crippen molar-refractivity contribution in [3.05, 3.63) is 46.2 Å². The lowest BCUT2D eigenvalue weighted by atomic mass is 10.3. The van der Waals surface area contributed by atoms with Crippen LogP contribution in [0.5, 0.6) is 0 Å². The lowest BCUT2D eigenvalue weighted by Gasteiger charge is -2.07. The van der Waals surface area contributed by atoms with Gasteiger partial charge in [0.2, 0.25) is 5.91 Å². The van der Waals surface area contributed by atoms with Crippen LogP contribution >= 0.6 is 11.3 Å². The highest BCUT2D eigenvalue weighted by atomic mass is 32.2.